The minimum Gasteiger partial charge on any atom is -0.368 e. The second kappa shape index (κ2) is 15.3. The van der Waals surface area contributed by atoms with E-state index in [1.807, 2.05) is 0 Å². The fourth-order valence-corrected chi connectivity index (χ4v) is 0. The topological polar surface area (TPSA) is 80.9 Å². The van der Waals surface area contributed by atoms with Crippen LogP contribution in [0.3, 0.4) is 0 Å². The van der Waals surface area contributed by atoms with Crippen LogP contribution in [-0.2, 0) is 0 Å². The molecule has 0 saturated carbocycles. The van der Waals surface area contributed by atoms with E-state index in [9.17, 15) is 0 Å². The Balaban J connectivity index is -0.0000000133. The smallest absolute Gasteiger partial charge is 0.368 e. The van der Waals surface area contributed by atoms with Gasteiger partial charge in [0.1, 0.15) is 0 Å². The Labute approximate surface area is 166 Å². The van der Waals surface area contributed by atoms with E-state index in [0.717, 1.165) is 0 Å². The minimum atomic E-state index is -4.61. The molecule has 4 N–H and O–H groups in total. The van der Waals surface area contributed by atoms with E-state index in [4.69, 9.17) is 19.2 Å². The van der Waals surface area contributed by atoms with Crippen LogP contribution in [-0.4, -0.2) is 141 Å². The Morgan fingerprint density at radius 2 is 0.667 bits per heavy atom. The van der Waals surface area contributed by atoms with Crippen LogP contribution in [0, 0.1) is 0 Å². The second-order valence-electron chi connectivity index (χ2n) is 0.600. The van der Waals surface area contributed by atoms with E-state index in [0.29, 0.717) is 0 Å². The van der Waals surface area contributed by atoms with Crippen LogP contribution >= 0.6 is 0 Å². The Bertz CT molecular complexity index is 31.3. The van der Waals surface area contributed by atoms with Gasteiger partial charge < -0.3 is 19.2 Å². The van der Waals surface area contributed by atoms with Crippen LogP contribution in [0.4, 0.5) is 0 Å². The summed E-state index contributed by atoms with van der Waals surface area (Å²) < 4.78 is 0. The zero-order valence-corrected chi connectivity index (χ0v) is 15.0. The van der Waals surface area contributed by atoms with Crippen molar-refractivity contribution in [2.75, 3.05) is 0 Å². The van der Waals surface area contributed by atoms with Gasteiger partial charge in [-0.1, -0.05) is 0 Å². The standard InChI is InChI=1S/3Ca.Na.H4O4Si/c;;;;1-5(2,3)4/h;;;;1-4H/q3*+2;+1;. The minimum absolute atomic E-state index is 0. The van der Waals surface area contributed by atoms with Crippen molar-refractivity contribution in [2.45, 2.75) is 0 Å². The molecule has 0 heterocycles. The van der Waals surface area contributed by atoms with Crippen molar-refractivity contribution in [1.29, 1.82) is 0 Å². The molecule has 0 fully saturated rings. The van der Waals surface area contributed by atoms with E-state index >= 15 is 0 Å². The first-order valence-corrected chi connectivity index (χ1v) is 2.68. The Hall–Kier alpha value is 4.84. The first-order chi connectivity index (χ1) is 2.00. The van der Waals surface area contributed by atoms with E-state index < -0.39 is 9.05 Å². The van der Waals surface area contributed by atoms with Crippen LogP contribution in [0.25, 0.3) is 0 Å². The van der Waals surface area contributed by atoms with Crippen molar-refractivity contribution in [3.8, 4) is 0 Å². The molecule has 9 heavy (non-hydrogen) atoms. The molecule has 0 aliphatic heterocycles. The Morgan fingerprint density at radius 3 is 0.667 bits per heavy atom. The first-order valence-electron chi connectivity index (χ1n) is 0.894. The van der Waals surface area contributed by atoms with Gasteiger partial charge in [-0.15, -0.1) is 0 Å². The molecule has 0 aliphatic carbocycles. The zero-order chi connectivity index (χ0) is 4.50. The van der Waals surface area contributed by atoms with Crippen LogP contribution in [0.2, 0.25) is 0 Å². The molecular formula is H4Ca3NaO4Si+7. The first kappa shape index (κ1) is 29.2. The monoisotopic (exact) mass is 239 g/mol. The van der Waals surface area contributed by atoms with Crippen molar-refractivity contribution in [1.82, 2.24) is 0 Å². The van der Waals surface area contributed by atoms with Gasteiger partial charge >= 0.3 is 152 Å². The summed E-state index contributed by atoms with van der Waals surface area (Å²) in [6.07, 6.45) is 0. The van der Waals surface area contributed by atoms with Crippen LogP contribution in [0.1, 0.15) is 0 Å². The molecule has 0 aromatic carbocycles. The van der Waals surface area contributed by atoms with Crippen molar-refractivity contribution >= 4 is 122 Å². The maximum Gasteiger partial charge on any atom is 2.00 e. The molecule has 9 heteroatoms. The predicted molar refractivity (Wildman–Crippen MR) is 31.9 cm³/mol. The van der Waals surface area contributed by atoms with E-state index in [-0.39, 0.29) is 143 Å². The number of hydrogen-bond acceptors (Lipinski definition) is 4. The summed E-state index contributed by atoms with van der Waals surface area (Å²) in [5.41, 5.74) is 0. The van der Waals surface area contributed by atoms with Gasteiger partial charge in [0.05, 0.1) is 0 Å². The maximum atomic E-state index is 7.33. The number of rotatable bonds is 0. The van der Waals surface area contributed by atoms with Gasteiger partial charge in [0.2, 0.25) is 0 Å². The third kappa shape index (κ3) is 64.4. The van der Waals surface area contributed by atoms with Gasteiger partial charge in [-0.05, 0) is 0 Å². The molecule has 0 aromatic heterocycles. The fraction of sp³-hybridized carbons (Fsp3) is 0. The number of hydrogen-bond donors (Lipinski definition) is 4. The third-order valence-electron chi connectivity index (χ3n) is 0. The molecule has 32 valence electrons. The summed E-state index contributed by atoms with van der Waals surface area (Å²) in [7, 11) is -4.61. The summed E-state index contributed by atoms with van der Waals surface area (Å²) in [4.78, 5) is 29.3. The predicted octanol–water partition coefficient (Wildman–Crippen LogP) is -6.75. The molecule has 0 unspecified atom stereocenters. The fourth-order valence-electron chi connectivity index (χ4n) is 0. The summed E-state index contributed by atoms with van der Waals surface area (Å²) >= 11 is 0. The molecular weight excluding hydrogens is 235 g/mol. The average Bonchev–Trinajstić information content (AvgIpc) is 0.722. The van der Waals surface area contributed by atoms with Gasteiger partial charge in [-0.2, -0.15) is 0 Å². The molecule has 0 spiro atoms. The summed E-state index contributed by atoms with van der Waals surface area (Å²) in [6.45, 7) is 0. The largest absolute Gasteiger partial charge is 2.00 e. The Morgan fingerprint density at radius 1 is 0.667 bits per heavy atom. The van der Waals surface area contributed by atoms with Crippen molar-refractivity contribution in [2.24, 2.45) is 0 Å². The van der Waals surface area contributed by atoms with Crippen LogP contribution in [0.5, 0.6) is 0 Å². The molecule has 0 radical (unpaired) electrons. The molecule has 0 saturated heterocycles. The average molecular weight is 239 g/mol. The summed E-state index contributed by atoms with van der Waals surface area (Å²) in [6, 6.07) is 0. The van der Waals surface area contributed by atoms with Crippen LogP contribution < -0.4 is 29.6 Å². The SMILES string of the molecule is O[Si](O)(O)O.[Ca+2].[Ca+2].[Ca+2].[Na+]. The molecule has 4 nitrogen and oxygen atoms in total. The van der Waals surface area contributed by atoms with Crippen LogP contribution in [0.15, 0.2) is 0 Å². The van der Waals surface area contributed by atoms with Crippen molar-refractivity contribution in [3.05, 3.63) is 0 Å². The normalized spacial score (nSPS) is 6.67. The van der Waals surface area contributed by atoms with E-state index in [2.05, 4.69) is 0 Å². The van der Waals surface area contributed by atoms with Gasteiger partial charge in [0, 0.05) is 0 Å². The molecule has 0 bridgehead atoms. The van der Waals surface area contributed by atoms with Gasteiger partial charge in [0.25, 0.3) is 0 Å². The zero-order valence-electron chi connectivity index (χ0n) is 5.41. The molecule has 0 aliphatic rings. The van der Waals surface area contributed by atoms with E-state index in [1.54, 1.807) is 0 Å². The van der Waals surface area contributed by atoms with Gasteiger partial charge in [0.15, 0.2) is 0 Å². The van der Waals surface area contributed by atoms with Crippen molar-refractivity contribution in [3.63, 3.8) is 0 Å². The molecule has 0 rings (SSSR count). The van der Waals surface area contributed by atoms with Crippen molar-refractivity contribution < 1.29 is 48.7 Å². The molecule has 0 atom stereocenters. The van der Waals surface area contributed by atoms with Gasteiger partial charge in [-0.3, -0.25) is 0 Å². The molecule has 0 amide bonds. The third-order valence-corrected chi connectivity index (χ3v) is 0. The molecule has 0 aromatic rings. The Kier molecular flexibility index (Phi) is 49.7. The van der Waals surface area contributed by atoms with Gasteiger partial charge in [-0.25, -0.2) is 0 Å². The quantitative estimate of drug-likeness (QED) is 0.317. The second-order valence-corrected chi connectivity index (χ2v) is 1.80. The maximum absolute atomic E-state index is 7.33. The summed E-state index contributed by atoms with van der Waals surface area (Å²) in [5, 5.41) is 0. The van der Waals surface area contributed by atoms with E-state index in [1.165, 1.54) is 0 Å². The summed E-state index contributed by atoms with van der Waals surface area (Å²) in [5.74, 6) is 0.